The summed E-state index contributed by atoms with van der Waals surface area (Å²) in [4.78, 5) is 9.95. The molecule has 0 aromatic carbocycles. The molecule has 0 saturated heterocycles. The van der Waals surface area contributed by atoms with Crippen LogP contribution in [0.3, 0.4) is 0 Å². The molecule has 1 N–H and O–H groups in total. The lowest BCUT2D eigenvalue weighted by Gasteiger charge is -2.09. The van der Waals surface area contributed by atoms with Gasteiger partial charge in [0.25, 0.3) is 0 Å². The van der Waals surface area contributed by atoms with Crippen LogP contribution in [0.2, 0.25) is 0 Å². The molecule has 0 bridgehead atoms. The van der Waals surface area contributed by atoms with Gasteiger partial charge < -0.3 is 10.1 Å². The molecule has 0 rings (SSSR count). The summed E-state index contributed by atoms with van der Waals surface area (Å²) in [5.74, 6) is 0. The Kier molecular flexibility index (Phi) is 8.57. The molecule has 0 aliphatic rings. The second-order valence-electron chi connectivity index (χ2n) is 3.04. The first-order valence-corrected chi connectivity index (χ1v) is 4.74. The van der Waals surface area contributed by atoms with Gasteiger partial charge in [-0.25, -0.2) is 0 Å². The van der Waals surface area contributed by atoms with E-state index < -0.39 is 0 Å². The van der Waals surface area contributed by atoms with Gasteiger partial charge in [-0.05, 0) is 26.3 Å². The van der Waals surface area contributed by atoms with Crippen LogP contribution in [-0.2, 0) is 4.79 Å². The first kappa shape index (κ1) is 12.1. The lowest BCUT2D eigenvalue weighted by atomic mass is 10.2. The summed E-state index contributed by atoms with van der Waals surface area (Å²) in [7, 11) is 0. The maximum atomic E-state index is 9.95. The van der Waals surface area contributed by atoms with Gasteiger partial charge >= 0.3 is 0 Å². The van der Waals surface area contributed by atoms with E-state index in [2.05, 4.69) is 18.8 Å². The topological polar surface area (TPSA) is 29.1 Å². The number of aldehydes is 1. The molecule has 0 aliphatic heterocycles. The largest absolute Gasteiger partial charge is 0.314 e. The SMILES string of the molecule is C=CCC(C)NCC/C=C\CC=O. The Labute approximate surface area is 80.7 Å². The summed E-state index contributed by atoms with van der Waals surface area (Å²) >= 11 is 0. The molecule has 1 atom stereocenters. The minimum atomic E-state index is 0.497. The highest BCUT2D eigenvalue weighted by Gasteiger charge is 1.94. The minimum absolute atomic E-state index is 0.497. The molecular formula is C11H19NO. The van der Waals surface area contributed by atoms with Crippen molar-refractivity contribution in [1.29, 1.82) is 0 Å². The lowest BCUT2D eigenvalue weighted by Crippen LogP contribution is -2.25. The summed E-state index contributed by atoms with van der Waals surface area (Å²) in [6.45, 7) is 6.77. The average molecular weight is 181 g/mol. The lowest BCUT2D eigenvalue weighted by molar-refractivity contribution is -0.107. The number of carbonyl (C=O) groups excluding carboxylic acids is 1. The second kappa shape index (κ2) is 9.20. The normalized spacial score (nSPS) is 13.0. The highest BCUT2D eigenvalue weighted by Crippen LogP contribution is 1.91. The van der Waals surface area contributed by atoms with E-state index in [-0.39, 0.29) is 0 Å². The number of hydrogen-bond donors (Lipinski definition) is 1. The predicted octanol–water partition coefficient (Wildman–Crippen LogP) is 2.08. The Hall–Kier alpha value is -0.890. The van der Waals surface area contributed by atoms with Crippen LogP contribution in [0.1, 0.15) is 26.2 Å². The molecule has 13 heavy (non-hydrogen) atoms. The Balaban J connectivity index is 3.23. The maximum Gasteiger partial charge on any atom is 0.123 e. The molecule has 1 unspecified atom stereocenters. The van der Waals surface area contributed by atoms with E-state index in [1.807, 2.05) is 18.2 Å². The molecule has 0 aromatic heterocycles. The van der Waals surface area contributed by atoms with Gasteiger partial charge in [0.1, 0.15) is 6.29 Å². The van der Waals surface area contributed by atoms with E-state index >= 15 is 0 Å². The third kappa shape index (κ3) is 9.02. The van der Waals surface area contributed by atoms with Gasteiger partial charge in [-0.2, -0.15) is 0 Å². The van der Waals surface area contributed by atoms with Crippen molar-refractivity contribution in [3.8, 4) is 0 Å². The van der Waals surface area contributed by atoms with E-state index in [4.69, 9.17) is 0 Å². The van der Waals surface area contributed by atoms with Crippen molar-refractivity contribution in [1.82, 2.24) is 5.32 Å². The first-order chi connectivity index (χ1) is 6.31. The van der Waals surface area contributed by atoms with Crippen LogP contribution in [0, 0.1) is 0 Å². The van der Waals surface area contributed by atoms with Gasteiger partial charge in [-0.15, -0.1) is 6.58 Å². The van der Waals surface area contributed by atoms with Crippen molar-refractivity contribution in [2.24, 2.45) is 0 Å². The quantitative estimate of drug-likeness (QED) is 0.353. The molecular weight excluding hydrogens is 162 g/mol. The predicted molar refractivity (Wildman–Crippen MR) is 56.7 cm³/mol. The highest BCUT2D eigenvalue weighted by atomic mass is 16.1. The van der Waals surface area contributed by atoms with Gasteiger partial charge in [0.2, 0.25) is 0 Å². The fourth-order valence-corrected chi connectivity index (χ4v) is 1.02. The van der Waals surface area contributed by atoms with Crippen LogP contribution in [-0.4, -0.2) is 18.9 Å². The number of carbonyl (C=O) groups is 1. The van der Waals surface area contributed by atoms with E-state index in [1.54, 1.807) is 0 Å². The summed E-state index contributed by atoms with van der Waals surface area (Å²) in [6.07, 6.45) is 9.26. The van der Waals surface area contributed by atoms with Crippen LogP contribution in [0.4, 0.5) is 0 Å². The molecule has 2 heteroatoms. The van der Waals surface area contributed by atoms with Crippen LogP contribution in [0.15, 0.2) is 24.8 Å². The molecule has 0 radical (unpaired) electrons. The molecule has 0 saturated carbocycles. The molecule has 74 valence electrons. The van der Waals surface area contributed by atoms with E-state index in [9.17, 15) is 4.79 Å². The fraction of sp³-hybridized carbons (Fsp3) is 0.545. The Morgan fingerprint density at radius 1 is 1.46 bits per heavy atom. The van der Waals surface area contributed by atoms with Crippen molar-refractivity contribution in [2.75, 3.05) is 6.54 Å². The Morgan fingerprint density at radius 3 is 2.85 bits per heavy atom. The van der Waals surface area contributed by atoms with Crippen molar-refractivity contribution in [3.05, 3.63) is 24.8 Å². The molecule has 0 heterocycles. The second-order valence-corrected chi connectivity index (χ2v) is 3.04. The van der Waals surface area contributed by atoms with Crippen molar-refractivity contribution in [2.45, 2.75) is 32.2 Å². The van der Waals surface area contributed by atoms with Gasteiger partial charge in [0.15, 0.2) is 0 Å². The number of hydrogen-bond acceptors (Lipinski definition) is 2. The summed E-state index contributed by atoms with van der Waals surface area (Å²) in [5, 5.41) is 3.35. The van der Waals surface area contributed by atoms with E-state index in [0.717, 1.165) is 25.7 Å². The first-order valence-electron chi connectivity index (χ1n) is 4.74. The minimum Gasteiger partial charge on any atom is -0.314 e. The molecule has 0 aliphatic carbocycles. The van der Waals surface area contributed by atoms with Crippen LogP contribution in [0.5, 0.6) is 0 Å². The average Bonchev–Trinajstić information content (AvgIpc) is 2.11. The van der Waals surface area contributed by atoms with Crippen LogP contribution < -0.4 is 5.32 Å². The van der Waals surface area contributed by atoms with Crippen molar-refractivity contribution in [3.63, 3.8) is 0 Å². The smallest absolute Gasteiger partial charge is 0.123 e. The van der Waals surface area contributed by atoms with Gasteiger partial charge in [0.05, 0.1) is 0 Å². The fourth-order valence-electron chi connectivity index (χ4n) is 1.02. The standard InChI is InChI=1S/C11H19NO/c1-3-8-11(2)12-9-6-4-5-7-10-13/h3-5,10-12H,1,6-9H2,2H3/b5-4-. The van der Waals surface area contributed by atoms with Gasteiger partial charge in [-0.1, -0.05) is 18.2 Å². The number of nitrogens with one attached hydrogen (secondary N) is 1. The van der Waals surface area contributed by atoms with E-state index in [1.165, 1.54) is 0 Å². The molecule has 2 nitrogen and oxygen atoms in total. The van der Waals surface area contributed by atoms with Gasteiger partial charge in [-0.3, -0.25) is 0 Å². The summed E-state index contributed by atoms with van der Waals surface area (Å²) in [6, 6.07) is 0.497. The number of rotatable bonds is 8. The zero-order valence-corrected chi connectivity index (χ0v) is 8.33. The molecule has 0 fully saturated rings. The van der Waals surface area contributed by atoms with Crippen LogP contribution in [0.25, 0.3) is 0 Å². The zero-order valence-electron chi connectivity index (χ0n) is 8.33. The Bertz CT molecular complexity index is 163. The third-order valence-corrected chi connectivity index (χ3v) is 1.72. The van der Waals surface area contributed by atoms with Crippen LogP contribution >= 0.6 is 0 Å². The maximum absolute atomic E-state index is 9.95. The molecule has 0 spiro atoms. The summed E-state index contributed by atoms with van der Waals surface area (Å²) < 4.78 is 0. The summed E-state index contributed by atoms with van der Waals surface area (Å²) in [5.41, 5.74) is 0. The monoisotopic (exact) mass is 181 g/mol. The third-order valence-electron chi connectivity index (χ3n) is 1.72. The van der Waals surface area contributed by atoms with Gasteiger partial charge in [0, 0.05) is 12.5 Å². The van der Waals surface area contributed by atoms with Crippen molar-refractivity contribution < 1.29 is 4.79 Å². The molecule has 0 amide bonds. The molecule has 0 aromatic rings. The Morgan fingerprint density at radius 2 is 2.23 bits per heavy atom. The van der Waals surface area contributed by atoms with Crippen molar-refractivity contribution >= 4 is 6.29 Å². The highest BCUT2D eigenvalue weighted by molar-refractivity contribution is 5.51. The zero-order chi connectivity index (χ0) is 9.94. The number of allylic oxidation sites excluding steroid dienone is 1. The van der Waals surface area contributed by atoms with E-state index in [0.29, 0.717) is 12.5 Å².